The summed E-state index contributed by atoms with van der Waals surface area (Å²) in [5.41, 5.74) is 2.00. The number of Topliss-reactive ketones (excluding diaryl/α,β-unsaturated/α-hetero) is 1. The van der Waals surface area contributed by atoms with Crippen molar-refractivity contribution in [3.8, 4) is 0 Å². The minimum Gasteiger partial charge on any atom is -0.352 e. The molecule has 0 radical (unpaired) electrons. The molecule has 31 heavy (non-hydrogen) atoms. The molecule has 4 bridgehead atoms. The van der Waals surface area contributed by atoms with Gasteiger partial charge in [0.25, 0.3) is 0 Å². The number of fused-ring (bicyclic) bond motifs is 1. The summed E-state index contributed by atoms with van der Waals surface area (Å²) < 4.78 is 0. The van der Waals surface area contributed by atoms with E-state index >= 15 is 0 Å². The van der Waals surface area contributed by atoms with Crippen molar-refractivity contribution in [2.75, 3.05) is 39.3 Å². The SMILES string of the molecule is O=C(CCCC(=O)c1ccccc1)NC1C2CN3CCN(C2)CC1(c1ccccc1)C3. The van der Waals surface area contributed by atoms with Gasteiger partial charge in [0.05, 0.1) is 0 Å². The first-order valence-electron chi connectivity index (χ1n) is 11.5. The van der Waals surface area contributed by atoms with E-state index in [9.17, 15) is 9.59 Å². The average Bonchev–Trinajstić information content (AvgIpc) is 3.05. The molecule has 0 saturated carbocycles. The highest BCUT2D eigenvalue weighted by atomic mass is 16.1. The zero-order valence-electron chi connectivity index (χ0n) is 18.0. The number of ketones is 1. The first-order valence-corrected chi connectivity index (χ1v) is 11.5. The molecule has 162 valence electrons. The lowest BCUT2D eigenvalue weighted by atomic mass is 9.64. The Kier molecular flexibility index (Phi) is 5.63. The first-order chi connectivity index (χ1) is 15.1. The molecule has 0 aromatic heterocycles. The quantitative estimate of drug-likeness (QED) is 0.704. The van der Waals surface area contributed by atoms with Crippen LogP contribution in [0.15, 0.2) is 60.7 Å². The van der Waals surface area contributed by atoms with Gasteiger partial charge in [-0.05, 0) is 12.0 Å². The van der Waals surface area contributed by atoms with E-state index in [2.05, 4.69) is 45.4 Å². The molecule has 3 atom stereocenters. The molecule has 0 aliphatic carbocycles. The number of nitrogens with one attached hydrogen (secondary N) is 1. The minimum absolute atomic E-state index is 0.0611. The summed E-state index contributed by atoms with van der Waals surface area (Å²) >= 11 is 0. The molecule has 4 saturated heterocycles. The van der Waals surface area contributed by atoms with Gasteiger partial charge in [-0.15, -0.1) is 0 Å². The topological polar surface area (TPSA) is 52.7 Å². The molecule has 1 amide bonds. The van der Waals surface area contributed by atoms with Crippen LogP contribution in [0, 0.1) is 5.92 Å². The van der Waals surface area contributed by atoms with E-state index in [0.29, 0.717) is 25.2 Å². The second kappa shape index (κ2) is 8.56. The summed E-state index contributed by atoms with van der Waals surface area (Å²) in [6, 6.07) is 20.3. The van der Waals surface area contributed by atoms with Gasteiger partial charge in [-0.25, -0.2) is 0 Å². The van der Waals surface area contributed by atoms with Gasteiger partial charge < -0.3 is 15.1 Å². The fourth-order valence-corrected chi connectivity index (χ4v) is 5.99. The second-order valence-corrected chi connectivity index (χ2v) is 9.44. The number of rotatable bonds is 7. The fourth-order valence-electron chi connectivity index (χ4n) is 5.99. The Morgan fingerprint density at radius 2 is 1.48 bits per heavy atom. The van der Waals surface area contributed by atoms with Crippen LogP contribution in [0.2, 0.25) is 0 Å². The van der Waals surface area contributed by atoms with Crippen LogP contribution in [0.3, 0.4) is 0 Å². The zero-order chi connectivity index (χ0) is 21.3. The predicted octanol–water partition coefficient (Wildman–Crippen LogP) is 2.72. The summed E-state index contributed by atoms with van der Waals surface area (Å²) in [4.78, 5) is 30.5. The van der Waals surface area contributed by atoms with Gasteiger partial charge in [-0.3, -0.25) is 9.59 Å². The Labute approximate surface area is 184 Å². The fraction of sp³-hybridized carbons (Fsp3) is 0.462. The highest BCUT2D eigenvalue weighted by Gasteiger charge is 2.55. The monoisotopic (exact) mass is 417 g/mol. The van der Waals surface area contributed by atoms with Gasteiger partial charge in [-0.1, -0.05) is 60.7 Å². The summed E-state index contributed by atoms with van der Waals surface area (Å²) in [6.07, 6.45) is 1.41. The van der Waals surface area contributed by atoms with Gasteiger partial charge in [0.15, 0.2) is 5.78 Å². The highest BCUT2D eigenvalue weighted by Crippen LogP contribution is 2.43. The maximum Gasteiger partial charge on any atom is 0.220 e. The summed E-state index contributed by atoms with van der Waals surface area (Å²) in [6.45, 7) is 6.36. The van der Waals surface area contributed by atoms with E-state index in [-0.39, 0.29) is 23.1 Å². The van der Waals surface area contributed by atoms with Gasteiger partial charge in [0.2, 0.25) is 5.91 Å². The maximum atomic E-state index is 13.0. The van der Waals surface area contributed by atoms with Crippen molar-refractivity contribution in [3.05, 3.63) is 71.8 Å². The van der Waals surface area contributed by atoms with E-state index in [1.54, 1.807) is 0 Å². The van der Waals surface area contributed by atoms with Crippen LogP contribution in [0.5, 0.6) is 0 Å². The Bertz CT molecular complexity index is 914. The number of piperidine rings is 2. The van der Waals surface area contributed by atoms with Crippen molar-refractivity contribution >= 4 is 11.7 Å². The summed E-state index contributed by atoms with van der Waals surface area (Å²) in [7, 11) is 0. The molecule has 4 aliphatic heterocycles. The Balaban J connectivity index is 1.27. The number of carbonyl (C=O) groups excluding carboxylic acids is 2. The van der Waals surface area contributed by atoms with Crippen molar-refractivity contribution in [1.82, 2.24) is 15.1 Å². The molecule has 5 heteroatoms. The van der Waals surface area contributed by atoms with Crippen molar-refractivity contribution in [2.24, 2.45) is 5.92 Å². The van der Waals surface area contributed by atoms with Crippen molar-refractivity contribution < 1.29 is 9.59 Å². The molecule has 1 N–H and O–H groups in total. The minimum atomic E-state index is -0.0611. The van der Waals surface area contributed by atoms with Gasteiger partial charge in [0, 0.05) is 75.0 Å². The first kappa shape index (κ1) is 20.4. The number of nitrogens with zero attached hydrogens (tertiary/aromatic N) is 2. The van der Waals surface area contributed by atoms with E-state index in [1.165, 1.54) is 5.56 Å². The standard InChI is InChI=1S/C26H31N3O2/c30-23(20-8-3-1-4-9-20)12-7-13-24(31)27-25-21-16-28-14-15-29(17-21)19-26(25,18-28)22-10-5-2-6-11-22/h1-6,8-11,21,25H,7,12-19H2,(H,27,31). The third kappa shape index (κ3) is 4.04. The molecule has 5 nitrogen and oxygen atoms in total. The van der Waals surface area contributed by atoms with E-state index in [0.717, 1.165) is 44.8 Å². The molecule has 2 aromatic rings. The van der Waals surface area contributed by atoms with E-state index < -0.39 is 0 Å². The predicted molar refractivity (Wildman–Crippen MR) is 121 cm³/mol. The van der Waals surface area contributed by atoms with Crippen LogP contribution in [0.4, 0.5) is 0 Å². The number of benzene rings is 2. The molecule has 0 spiro atoms. The summed E-state index contributed by atoms with van der Waals surface area (Å²) in [5, 5.41) is 3.44. The zero-order valence-corrected chi connectivity index (χ0v) is 18.0. The van der Waals surface area contributed by atoms with Crippen LogP contribution >= 0.6 is 0 Å². The van der Waals surface area contributed by atoms with Crippen LogP contribution < -0.4 is 5.32 Å². The lowest BCUT2D eigenvalue weighted by Crippen LogP contribution is -2.70. The Hall–Kier alpha value is -2.50. The number of hydrogen-bond donors (Lipinski definition) is 1. The average molecular weight is 418 g/mol. The van der Waals surface area contributed by atoms with Crippen LogP contribution in [0.25, 0.3) is 0 Å². The van der Waals surface area contributed by atoms with Gasteiger partial charge in [-0.2, -0.15) is 0 Å². The van der Waals surface area contributed by atoms with Gasteiger partial charge in [0.1, 0.15) is 0 Å². The lowest BCUT2D eigenvalue weighted by Gasteiger charge is -2.55. The smallest absolute Gasteiger partial charge is 0.220 e. The van der Waals surface area contributed by atoms with Crippen LogP contribution in [-0.4, -0.2) is 66.8 Å². The molecule has 4 fully saturated rings. The highest BCUT2D eigenvalue weighted by molar-refractivity contribution is 5.96. The molecule has 2 aromatic carbocycles. The van der Waals surface area contributed by atoms with E-state index in [4.69, 9.17) is 0 Å². The second-order valence-electron chi connectivity index (χ2n) is 9.44. The molecule has 4 aliphatic rings. The van der Waals surface area contributed by atoms with E-state index in [1.807, 2.05) is 30.3 Å². The third-order valence-corrected chi connectivity index (χ3v) is 7.36. The number of hydrogen-bond acceptors (Lipinski definition) is 4. The molecular weight excluding hydrogens is 386 g/mol. The maximum absolute atomic E-state index is 13.0. The van der Waals surface area contributed by atoms with Crippen molar-refractivity contribution in [3.63, 3.8) is 0 Å². The molecule has 6 rings (SSSR count). The number of amides is 1. The van der Waals surface area contributed by atoms with Crippen LogP contribution in [0.1, 0.15) is 35.2 Å². The van der Waals surface area contributed by atoms with Crippen LogP contribution in [-0.2, 0) is 10.2 Å². The third-order valence-electron chi connectivity index (χ3n) is 7.36. The van der Waals surface area contributed by atoms with Crippen molar-refractivity contribution in [1.29, 1.82) is 0 Å². The summed E-state index contributed by atoms with van der Waals surface area (Å²) in [5.74, 6) is 0.637. The lowest BCUT2D eigenvalue weighted by molar-refractivity contribution is -0.124. The molecule has 3 unspecified atom stereocenters. The largest absolute Gasteiger partial charge is 0.352 e. The number of carbonyl (C=O) groups is 2. The van der Waals surface area contributed by atoms with Gasteiger partial charge >= 0.3 is 0 Å². The normalized spacial score (nSPS) is 31.2. The Morgan fingerprint density at radius 3 is 2.13 bits per heavy atom. The Morgan fingerprint density at radius 1 is 0.871 bits per heavy atom. The molecule has 4 heterocycles. The molecular formula is C26H31N3O2. The van der Waals surface area contributed by atoms with Crippen molar-refractivity contribution in [2.45, 2.75) is 30.7 Å².